The lowest BCUT2D eigenvalue weighted by atomic mass is 10.1. The lowest BCUT2D eigenvalue weighted by Crippen LogP contribution is -1.91. The minimum absolute atomic E-state index is 0.0872. The maximum atomic E-state index is 10.7. The number of nitro groups is 1. The zero-order valence-corrected chi connectivity index (χ0v) is 10.6. The molecule has 0 amide bonds. The lowest BCUT2D eigenvalue weighted by molar-refractivity contribution is -0.385. The van der Waals surface area contributed by atoms with E-state index in [4.69, 9.17) is 16.0 Å². The Morgan fingerprint density at radius 2 is 2.22 bits per heavy atom. The van der Waals surface area contributed by atoms with E-state index in [1.165, 1.54) is 6.07 Å². The first-order valence-corrected chi connectivity index (χ1v) is 5.78. The predicted molar refractivity (Wildman–Crippen MR) is 67.6 cm³/mol. The predicted octanol–water partition coefficient (Wildman–Crippen LogP) is 3.86. The van der Waals surface area contributed by atoms with E-state index in [-0.39, 0.29) is 11.1 Å². The monoisotopic (exact) mass is 266 g/mol. The Hall–Kier alpha value is -1.88. The molecular formula is C12H11ClN2O3. The molecule has 1 aromatic carbocycles. The van der Waals surface area contributed by atoms with Gasteiger partial charge in [0.15, 0.2) is 5.76 Å². The Morgan fingerprint density at radius 3 is 2.72 bits per heavy atom. The van der Waals surface area contributed by atoms with E-state index in [1.54, 1.807) is 32.2 Å². The highest BCUT2D eigenvalue weighted by molar-refractivity contribution is 6.20. The standard InChI is InChI=1S/C12H11ClN2O3/c1-7-5-9(3-4-10(7)15(16)17)11-6-14-12(18-11)8(2)13/h3-6,8H,1-2H3. The first-order valence-electron chi connectivity index (χ1n) is 5.34. The van der Waals surface area contributed by atoms with Gasteiger partial charge in [0.1, 0.15) is 5.38 Å². The third-order valence-electron chi connectivity index (χ3n) is 2.54. The van der Waals surface area contributed by atoms with Crippen molar-refractivity contribution in [2.24, 2.45) is 0 Å². The molecule has 0 fully saturated rings. The van der Waals surface area contributed by atoms with Crippen LogP contribution in [0, 0.1) is 17.0 Å². The van der Waals surface area contributed by atoms with Gasteiger partial charge in [-0.05, 0) is 26.0 Å². The highest BCUT2D eigenvalue weighted by Crippen LogP contribution is 2.28. The second-order valence-corrected chi connectivity index (χ2v) is 4.59. The van der Waals surface area contributed by atoms with Crippen LogP contribution in [0.15, 0.2) is 28.8 Å². The van der Waals surface area contributed by atoms with Gasteiger partial charge in [-0.1, -0.05) is 0 Å². The van der Waals surface area contributed by atoms with Crippen LogP contribution in [0.3, 0.4) is 0 Å². The zero-order chi connectivity index (χ0) is 13.3. The fourth-order valence-electron chi connectivity index (χ4n) is 1.62. The van der Waals surface area contributed by atoms with Crippen molar-refractivity contribution in [3.63, 3.8) is 0 Å². The number of aromatic nitrogens is 1. The molecule has 0 aliphatic carbocycles. The summed E-state index contributed by atoms with van der Waals surface area (Å²) < 4.78 is 5.47. The van der Waals surface area contributed by atoms with E-state index in [0.717, 1.165) is 5.56 Å². The second-order valence-electron chi connectivity index (χ2n) is 3.94. The van der Waals surface area contributed by atoms with Crippen molar-refractivity contribution >= 4 is 17.3 Å². The van der Waals surface area contributed by atoms with Crippen LogP contribution in [-0.2, 0) is 0 Å². The molecule has 0 N–H and O–H groups in total. The van der Waals surface area contributed by atoms with Gasteiger partial charge >= 0.3 is 0 Å². The molecule has 18 heavy (non-hydrogen) atoms. The summed E-state index contributed by atoms with van der Waals surface area (Å²) in [7, 11) is 0. The van der Waals surface area contributed by atoms with E-state index < -0.39 is 4.92 Å². The van der Waals surface area contributed by atoms with Crippen LogP contribution in [0.25, 0.3) is 11.3 Å². The molecule has 0 aliphatic heterocycles. The zero-order valence-electron chi connectivity index (χ0n) is 9.88. The molecule has 6 heteroatoms. The smallest absolute Gasteiger partial charge is 0.272 e. The SMILES string of the molecule is Cc1cc(-c2cnc(C(C)Cl)o2)ccc1[N+](=O)[O-]. The Balaban J connectivity index is 2.39. The number of hydrogen-bond acceptors (Lipinski definition) is 4. The number of hydrogen-bond donors (Lipinski definition) is 0. The van der Waals surface area contributed by atoms with Crippen molar-refractivity contribution in [2.45, 2.75) is 19.2 Å². The van der Waals surface area contributed by atoms with Crippen molar-refractivity contribution in [1.29, 1.82) is 0 Å². The molecule has 1 atom stereocenters. The molecule has 1 aromatic heterocycles. The van der Waals surface area contributed by atoms with Gasteiger partial charge in [-0.15, -0.1) is 11.6 Å². The van der Waals surface area contributed by atoms with Crippen LogP contribution in [0.1, 0.15) is 23.8 Å². The molecule has 0 saturated carbocycles. The third kappa shape index (κ3) is 2.36. The van der Waals surface area contributed by atoms with Gasteiger partial charge in [-0.3, -0.25) is 10.1 Å². The van der Waals surface area contributed by atoms with E-state index in [9.17, 15) is 10.1 Å². The molecule has 0 spiro atoms. The Morgan fingerprint density at radius 1 is 1.50 bits per heavy atom. The molecule has 0 radical (unpaired) electrons. The number of rotatable bonds is 3. The largest absolute Gasteiger partial charge is 0.439 e. The summed E-state index contributed by atoms with van der Waals surface area (Å²) >= 11 is 5.86. The number of oxazole rings is 1. The summed E-state index contributed by atoms with van der Waals surface area (Å²) in [6.07, 6.45) is 1.56. The fraction of sp³-hybridized carbons (Fsp3) is 0.250. The summed E-state index contributed by atoms with van der Waals surface area (Å²) in [6.45, 7) is 3.45. The Bertz CT molecular complexity index is 593. The average Bonchev–Trinajstić information content (AvgIpc) is 2.77. The van der Waals surface area contributed by atoms with Crippen LogP contribution in [-0.4, -0.2) is 9.91 Å². The van der Waals surface area contributed by atoms with Crippen LogP contribution in [0.4, 0.5) is 5.69 Å². The summed E-state index contributed by atoms with van der Waals surface area (Å²) in [5, 5.41) is 10.4. The first-order chi connectivity index (χ1) is 8.49. The number of alkyl halides is 1. The minimum Gasteiger partial charge on any atom is -0.439 e. The van der Waals surface area contributed by atoms with Gasteiger partial charge in [0.2, 0.25) is 5.89 Å². The molecular weight excluding hydrogens is 256 g/mol. The van der Waals surface area contributed by atoms with Crippen molar-refractivity contribution in [1.82, 2.24) is 4.98 Å². The third-order valence-corrected chi connectivity index (χ3v) is 2.73. The Kier molecular flexibility index (Phi) is 3.34. The number of nitro benzene ring substituents is 1. The van der Waals surface area contributed by atoms with Gasteiger partial charge in [0, 0.05) is 17.2 Å². The van der Waals surface area contributed by atoms with Crippen LogP contribution in [0.5, 0.6) is 0 Å². The number of halogens is 1. The summed E-state index contributed by atoms with van der Waals surface area (Å²) in [6, 6.07) is 4.78. The topological polar surface area (TPSA) is 69.2 Å². The summed E-state index contributed by atoms with van der Waals surface area (Å²) in [5.74, 6) is 0.984. The van der Waals surface area contributed by atoms with Gasteiger partial charge in [-0.25, -0.2) is 4.98 Å². The molecule has 94 valence electrons. The van der Waals surface area contributed by atoms with Crippen molar-refractivity contribution in [3.8, 4) is 11.3 Å². The highest BCUT2D eigenvalue weighted by Gasteiger charge is 2.14. The van der Waals surface area contributed by atoms with Crippen molar-refractivity contribution in [3.05, 3.63) is 46.0 Å². The fourth-order valence-corrected chi connectivity index (χ4v) is 1.72. The van der Waals surface area contributed by atoms with Gasteiger partial charge in [0.25, 0.3) is 5.69 Å². The Labute approximate surface area is 109 Å². The number of benzene rings is 1. The molecule has 0 saturated heterocycles. The maximum absolute atomic E-state index is 10.7. The maximum Gasteiger partial charge on any atom is 0.272 e. The molecule has 1 unspecified atom stereocenters. The molecule has 0 aliphatic rings. The molecule has 1 heterocycles. The quantitative estimate of drug-likeness (QED) is 0.480. The van der Waals surface area contributed by atoms with E-state index in [1.807, 2.05) is 0 Å². The van der Waals surface area contributed by atoms with Crippen LogP contribution >= 0.6 is 11.6 Å². The summed E-state index contributed by atoms with van der Waals surface area (Å²) in [5.41, 5.74) is 1.41. The number of aryl methyl sites for hydroxylation is 1. The molecule has 2 rings (SSSR count). The minimum atomic E-state index is -0.411. The number of nitrogens with zero attached hydrogens (tertiary/aromatic N) is 2. The van der Waals surface area contributed by atoms with Crippen molar-refractivity contribution in [2.75, 3.05) is 0 Å². The summed E-state index contributed by atoms with van der Waals surface area (Å²) in [4.78, 5) is 14.4. The van der Waals surface area contributed by atoms with E-state index in [0.29, 0.717) is 17.2 Å². The van der Waals surface area contributed by atoms with Crippen molar-refractivity contribution < 1.29 is 9.34 Å². The molecule has 0 bridgehead atoms. The molecule has 5 nitrogen and oxygen atoms in total. The molecule has 2 aromatic rings. The van der Waals surface area contributed by atoms with Gasteiger partial charge in [0.05, 0.1) is 11.1 Å². The lowest BCUT2D eigenvalue weighted by Gasteiger charge is -2.00. The average molecular weight is 267 g/mol. The normalized spacial score (nSPS) is 12.4. The van der Waals surface area contributed by atoms with Crippen LogP contribution in [0.2, 0.25) is 0 Å². The second kappa shape index (κ2) is 4.78. The van der Waals surface area contributed by atoms with Gasteiger partial charge in [-0.2, -0.15) is 0 Å². The van der Waals surface area contributed by atoms with Crippen LogP contribution < -0.4 is 0 Å². The van der Waals surface area contributed by atoms with E-state index in [2.05, 4.69) is 4.98 Å². The van der Waals surface area contributed by atoms with Gasteiger partial charge < -0.3 is 4.42 Å². The highest BCUT2D eigenvalue weighted by atomic mass is 35.5. The first kappa shape index (κ1) is 12.6. The van der Waals surface area contributed by atoms with E-state index >= 15 is 0 Å².